The molecule has 88 valence electrons. The standard InChI is InChI=1S/C14H16N2O/c1-2-3-7-14(16-17)12-9-10-15-13-8-5-4-6-11(12)13/h4-6,8-10,17H,2-3,7H2,1H3. The largest absolute Gasteiger partial charge is 0.411 e. The first-order valence-electron chi connectivity index (χ1n) is 5.92. The summed E-state index contributed by atoms with van der Waals surface area (Å²) in [6.07, 6.45) is 4.66. The summed E-state index contributed by atoms with van der Waals surface area (Å²) in [7, 11) is 0. The van der Waals surface area contributed by atoms with Crippen LogP contribution >= 0.6 is 0 Å². The number of para-hydroxylation sites is 1. The summed E-state index contributed by atoms with van der Waals surface area (Å²) < 4.78 is 0. The molecule has 1 aromatic carbocycles. The number of hydrogen-bond donors (Lipinski definition) is 1. The van der Waals surface area contributed by atoms with Gasteiger partial charge >= 0.3 is 0 Å². The van der Waals surface area contributed by atoms with E-state index >= 15 is 0 Å². The van der Waals surface area contributed by atoms with Crippen LogP contribution in [0.3, 0.4) is 0 Å². The van der Waals surface area contributed by atoms with Crippen molar-refractivity contribution in [3.05, 3.63) is 42.1 Å². The fraction of sp³-hybridized carbons (Fsp3) is 0.286. The number of nitrogens with zero attached hydrogens (tertiary/aromatic N) is 2. The van der Waals surface area contributed by atoms with Crippen molar-refractivity contribution >= 4 is 16.6 Å². The monoisotopic (exact) mass is 228 g/mol. The molecule has 1 heterocycles. The maximum Gasteiger partial charge on any atom is 0.0875 e. The zero-order chi connectivity index (χ0) is 12.1. The van der Waals surface area contributed by atoms with Crippen LogP contribution in [0.2, 0.25) is 0 Å². The van der Waals surface area contributed by atoms with Gasteiger partial charge < -0.3 is 5.21 Å². The lowest BCUT2D eigenvalue weighted by Crippen LogP contribution is -2.02. The van der Waals surface area contributed by atoms with E-state index in [2.05, 4.69) is 17.1 Å². The third-order valence-corrected chi connectivity index (χ3v) is 2.85. The number of rotatable bonds is 4. The zero-order valence-corrected chi connectivity index (χ0v) is 9.93. The van der Waals surface area contributed by atoms with Gasteiger partial charge in [0.05, 0.1) is 11.2 Å². The molecule has 0 atom stereocenters. The number of unbranched alkanes of at least 4 members (excludes halogenated alkanes) is 1. The molecule has 0 aliphatic carbocycles. The molecule has 2 aromatic rings. The number of benzene rings is 1. The second kappa shape index (κ2) is 5.43. The fourth-order valence-corrected chi connectivity index (χ4v) is 1.93. The third kappa shape index (κ3) is 2.44. The van der Waals surface area contributed by atoms with Gasteiger partial charge in [-0.25, -0.2) is 0 Å². The van der Waals surface area contributed by atoms with Crippen molar-refractivity contribution in [3.8, 4) is 0 Å². The van der Waals surface area contributed by atoms with E-state index in [4.69, 9.17) is 5.21 Å². The lowest BCUT2D eigenvalue weighted by molar-refractivity contribution is 0.318. The minimum Gasteiger partial charge on any atom is -0.411 e. The van der Waals surface area contributed by atoms with E-state index in [9.17, 15) is 0 Å². The summed E-state index contributed by atoms with van der Waals surface area (Å²) in [5, 5.41) is 13.6. The Balaban J connectivity index is 2.46. The molecule has 0 aliphatic heterocycles. The number of hydrogen-bond acceptors (Lipinski definition) is 3. The first kappa shape index (κ1) is 11.6. The highest BCUT2D eigenvalue weighted by Gasteiger charge is 2.08. The van der Waals surface area contributed by atoms with E-state index in [0.717, 1.165) is 41.4 Å². The van der Waals surface area contributed by atoms with Gasteiger partial charge in [-0.1, -0.05) is 36.7 Å². The summed E-state index contributed by atoms with van der Waals surface area (Å²) in [4.78, 5) is 4.30. The van der Waals surface area contributed by atoms with Crippen LogP contribution in [0.15, 0.2) is 41.7 Å². The second-order valence-electron chi connectivity index (χ2n) is 4.03. The van der Waals surface area contributed by atoms with E-state index in [1.807, 2.05) is 30.3 Å². The minimum atomic E-state index is 0.741. The van der Waals surface area contributed by atoms with Crippen LogP contribution in [-0.4, -0.2) is 15.9 Å². The van der Waals surface area contributed by atoms with Gasteiger partial charge in [0.2, 0.25) is 0 Å². The molecule has 1 aromatic heterocycles. The van der Waals surface area contributed by atoms with Crippen molar-refractivity contribution < 1.29 is 5.21 Å². The van der Waals surface area contributed by atoms with E-state index in [0.29, 0.717) is 0 Å². The Bertz CT molecular complexity index is 529. The summed E-state index contributed by atoms with van der Waals surface area (Å²) in [5.74, 6) is 0. The van der Waals surface area contributed by atoms with Crippen LogP contribution in [0.5, 0.6) is 0 Å². The van der Waals surface area contributed by atoms with Crippen LogP contribution in [0.25, 0.3) is 10.9 Å². The smallest absolute Gasteiger partial charge is 0.0875 e. The average molecular weight is 228 g/mol. The molecule has 3 nitrogen and oxygen atoms in total. The van der Waals surface area contributed by atoms with Crippen LogP contribution in [0, 0.1) is 0 Å². The summed E-state index contributed by atoms with van der Waals surface area (Å²) in [5.41, 5.74) is 2.65. The maximum absolute atomic E-state index is 9.13. The molecule has 0 bridgehead atoms. The van der Waals surface area contributed by atoms with Crippen molar-refractivity contribution in [3.63, 3.8) is 0 Å². The summed E-state index contributed by atoms with van der Waals surface area (Å²) >= 11 is 0. The lowest BCUT2D eigenvalue weighted by Gasteiger charge is -2.07. The van der Waals surface area contributed by atoms with Crippen LogP contribution in [0.4, 0.5) is 0 Å². The van der Waals surface area contributed by atoms with Crippen molar-refractivity contribution in [2.24, 2.45) is 5.16 Å². The Morgan fingerprint density at radius 1 is 1.29 bits per heavy atom. The molecule has 0 unspecified atom stereocenters. The third-order valence-electron chi connectivity index (χ3n) is 2.85. The molecule has 2 rings (SSSR count). The Morgan fingerprint density at radius 2 is 2.12 bits per heavy atom. The molecule has 0 saturated carbocycles. The Hall–Kier alpha value is -1.90. The molecular weight excluding hydrogens is 212 g/mol. The number of aromatic nitrogens is 1. The van der Waals surface area contributed by atoms with Gasteiger partial charge in [0.1, 0.15) is 0 Å². The molecule has 0 saturated heterocycles. The fourth-order valence-electron chi connectivity index (χ4n) is 1.93. The van der Waals surface area contributed by atoms with Gasteiger partial charge in [0.25, 0.3) is 0 Å². The number of pyridine rings is 1. The predicted molar refractivity (Wildman–Crippen MR) is 69.6 cm³/mol. The molecule has 1 N–H and O–H groups in total. The Labute approximate surface area is 101 Å². The first-order valence-corrected chi connectivity index (χ1v) is 5.92. The van der Waals surface area contributed by atoms with E-state index in [1.54, 1.807) is 6.20 Å². The molecule has 0 aliphatic rings. The topological polar surface area (TPSA) is 45.5 Å². The average Bonchev–Trinajstić information content (AvgIpc) is 2.40. The van der Waals surface area contributed by atoms with Crippen molar-refractivity contribution in [2.45, 2.75) is 26.2 Å². The van der Waals surface area contributed by atoms with E-state index in [1.165, 1.54) is 0 Å². The second-order valence-corrected chi connectivity index (χ2v) is 4.03. The van der Waals surface area contributed by atoms with Crippen LogP contribution in [-0.2, 0) is 0 Å². The van der Waals surface area contributed by atoms with Gasteiger partial charge in [-0.15, -0.1) is 0 Å². The molecule has 17 heavy (non-hydrogen) atoms. The number of oxime groups is 1. The SMILES string of the molecule is CCCCC(=NO)c1ccnc2ccccc12. The quantitative estimate of drug-likeness (QED) is 0.493. The molecule has 0 radical (unpaired) electrons. The molecule has 0 spiro atoms. The zero-order valence-electron chi connectivity index (χ0n) is 9.93. The van der Waals surface area contributed by atoms with Crippen LogP contribution < -0.4 is 0 Å². The Morgan fingerprint density at radius 3 is 2.88 bits per heavy atom. The normalized spacial score (nSPS) is 11.9. The van der Waals surface area contributed by atoms with Gasteiger partial charge in [-0.3, -0.25) is 4.98 Å². The predicted octanol–water partition coefficient (Wildman–Crippen LogP) is 3.60. The van der Waals surface area contributed by atoms with Crippen LogP contribution in [0.1, 0.15) is 31.7 Å². The van der Waals surface area contributed by atoms with Gasteiger partial charge in [0, 0.05) is 17.1 Å². The van der Waals surface area contributed by atoms with Gasteiger partial charge in [0.15, 0.2) is 0 Å². The first-order chi connectivity index (χ1) is 8.36. The lowest BCUT2D eigenvalue weighted by atomic mass is 10.0. The minimum absolute atomic E-state index is 0.741. The van der Waals surface area contributed by atoms with Crippen molar-refractivity contribution in [1.29, 1.82) is 0 Å². The highest BCUT2D eigenvalue weighted by Crippen LogP contribution is 2.19. The molecular formula is C14H16N2O. The molecule has 0 amide bonds. The van der Waals surface area contributed by atoms with Gasteiger partial charge in [-0.05, 0) is 25.0 Å². The van der Waals surface area contributed by atoms with Crippen molar-refractivity contribution in [2.75, 3.05) is 0 Å². The van der Waals surface area contributed by atoms with E-state index in [-0.39, 0.29) is 0 Å². The Kier molecular flexibility index (Phi) is 3.70. The highest BCUT2D eigenvalue weighted by molar-refractivity contribution is 6.09. The van der Waals surface area contributed by atoms with Gasteiger partial charge in [-0.2, -0.15) is 0 Å². The maximum atomic E-state index is 9.13. The summed E-state index contributed by atoms with van der Waals surface area (Å²) in [6, 6.07) is 9.82. The molecule has 3 heteroatoms. The summed E-state index contributed by atoms with van der Waals surface area (Å²) in [6.45, 7) is 2.12. The highest BCUT2D eigenvalue weighted by atomic mass is 16.4. The number of fused-ring (bicyclic) bond motifs is 1. The molecule has 0 fully saturated rings. The van der Waals surface area contributed by atoms with Crippen molar-refractivity contribution in [1.82, 2.24) is 4.98 Å². The van der Waals surface area contributed by atoms with E-state index < -0.39 is 0 Å².